The van der Waals surface area contributed by atoms with Crippen molar-refractivity contribution in [3.8, 4) is 0 Å². The van der Waals surface area contributed by atoms with Crippen molar-refractivity contribution in [2.24, 2.45) is 0 Å². The van der Waals surface area contributed by atoms with Crippen LogP contribution in [0.4, 0.5) is 5.13 Å². The van der Waals surface area contributed by atoms with E-state index in [9.17, 15) is 9.59 Å². The van der Waals surface area contributed by atoms with E-state index in [2.05, 4.69) is 15.2 Å². The molecule has 23 heavy (non-hydrogen) atoms. The molecule has 0 saturated carbocycles. The molecular weight excluding hydrogens is 332 g/mol. The van der Waals surface area contributed by atoms with Gasteiger partial charge in [0.1, 0.15) is 0 Å². The Morgan fingerprint density at radius 1 is 1.22 bits per heavy atom. The van der Waals surface area contributed by atoms with E-state index in [1.807, 2.05) is 15.7 Å². The van der Waals surface area contributed by atoms with Gasteiger partial charge < -0.3 is 15.1 Å². The number of hydrogen-bond donors (Lipinski definition) is 1. The standard InChI is InChI=1S/C15H18N4O2S2/c20-13(1-3-16-14(21)12-2-9-22-11-12)18-5-7-19(8-6-18)15-17-4-10-23-15/h2,4,9-11H,1,3,5-8H2,(H,16,21). The fourth-order valence-electron chi connectivity index (χ4n) is 2.46. The molecule has 6 nitrogen and oxygen atoms in total. The molecule has 0 atom stereocenters. The Bertz CT molecular complexity index is 635. The maximum atomic E-state index is 12.2. The fraction of sp³-hybridized carbons (Fsp3) is 0.400. The van der Waals surface area contributed by atoms with Crippen LogP contribution in [0.5, 0.6) is 0 Å². The Morgan fingerprint density at radius 3 is 2.70 bits per heavy atom. The normalized spacial score (nSPS) is 14.8. The Morgan fingerprint density at radius 2 is 2.04 bits per heavy atom. The van der Waals surface area contributed by atoms with Gasteiger partial charge >= 0.3 is 0 Å². The van der Waals surface area contributed by atoms with Gasteiger partial charge in [-0.05, 0) is 11.4 Å². The van der Waals surface area contributed by atoms with E-state index in [0.717, 1.165) is 18.2 Å². The largest absolute Gasteiger partial charge is 0.351 e. The molecular formula is C15H18N4O2S2. The number of nitrogens with zero attached hydrogens (tertiary/aromatic N) is 3. The zero-order valence-electron chi connectivity index (χ0n) is 12.6. The number of amides is 2. The third-order valence-corrected chi connectivity index (χ3v) is 5.25. The second kappa shape index (κ2) is 7.56. The number of thiazole rings is 1. The first-order valence-corrected chi connectivity index (χ1v) is 9.29. The predicted molar refractivity (Wildman–Crippen MR) is 92.2 cm³/mol. The van der Waals surface area contributed by atoms with Crippen molar-refractivity contribution >= 4 is 39.6 Å². The number of piperazine rings is 1. The average molecular weight is 350 g/mol. The van der Waals surface area contributed by atoms with E-state index >= 15 is 0 Å². The van der Waals surface area contributed by atoms with Crippen molar-refractivity contribution in [3.05, 3.63) is 34.0 Å². The number of nitrogens with one attached hydrogen (secondary N) is 1. The summed E-state index contributed by atoms with van der Waals surface area (Å²) >= 11 is 3.10. The molecule has 0 spiro atoms. The molecule has 0 radical (unpaired) electrons. The summed E-state index contributed by atoms with van der Waals surface area (Å²) in [6.45, 7) is 3.40. The van der Waals surface area contributed by atoms with E-state index in [0.29, 0.717) is 31.6 Å². The summed E-state index contributed by atoms with van der Waals surface area (Å²) in [6, 6.07) is 1.78. The van der Waals surface area contributed by atoms with Gasteiger partial charge in [0.05, 0.1) is 0 Å². The van der Waals surface area contributed by atoms with Crippen LogP contribution in [0.15, 0.2) is 28.4 Å². The van der Waals surface area contributed by atoms with Gasteiger partial charge in [-0.2, -0.15) is 11.3 Å². The lowest BCUT2D eigenvalue weighted by atomic mass is 10.2. The van der Waals surface area contributed by atoms with Crippen molar-refractivity contribution < 1.29 is 9.59 Å². The SMILES string of the molecule is O=C(NCCC(=O)N1CCN(c2nccs2)CC1)c1ccsc1. The van der Waals surface area contributed by atoms with Gasteiger partial charge in [0.2, 0.25) is 5.91 Å². The summed E-state index contributed by atoms with van der Waals surface area (Å²) in [5, 5.41) is 9.43. The lowest BCUT2D eigenvalue weighted by Gasteiger charge is -2.34. The molecule has 2 aromatic heterocycles. The van der Waals surface area contributed by atoms with Gasteiger partial charge in [-0.15, -0.1) is 11.3 Å². The molecule has 8 heteroatoms. The highest BCUT2D eigenvalue weighted by Gasteiger charge is 2.22. The molecule has 1 saturated heterocycles. The van der Waals surface area contributed by atoms with E-state index in [-0.39, 0.29) is 11.8 Å². The van der Waals surface area contributed by atoms with E-state index < -0.39 is 0 Å². The van der Waals surface area contributed by atoms with Gasteiger partial charge in [-0.25, -0.2) is 4.98 Å². The summed E-state index contributed by atoms with van der Waals surface area (Å²) in [5.41, 5.74) is 0.652. The van der Waals surface area contributed by atoms with Crippen LogP contribution in [-0.4, -0.2) is 54.4 Å². The summed E-state index contributed by atoms with van der Waals surface area (Å²) in [6.07, 6.45) is 2.14. The molecule has 3 rings (SSSR count). The predicted octanol–water partition coefficient (Wildman–Crippen LogP) is 1.67. The van der Waals surface area contributed by atoms with Crippen LogP contribution in [0.2, 0.25) is 0 Å². The number of carbonyl (C=O) groups is 2. The highest BCUT2D eigenvalue weighted by atomic mass is 32.1. The Labute approximate surface area is 142 Å². The quantitative estimate of drug-likeness (QED) is 0.891. The number of rotatable bonds is 5. The second-order valence-electron chi connectivity index (χ2n) is 5.20. The number of anilines is 1. The first kappa shape index (κ1) is 15.9. The zero-order valence-corrected chi connectivity index (χ0v) is 14.2. The fourth-order valence-corrected chi connectivity index (χ4v) is 3.79. The maximum absolute atomic E-state index is 12.2. The first-order chi connectivity index (χ1) is 11.2. The molecule has 1 aliphatic heterocycles. The molecule has 3 heterocycles. The first-order valence-electron chi connectivity index (χ1n) is 7.46. The number of thiophene rings is 1. The van der Waals surface area contributed by atoms with E-state index in [1.165, 1.54) is 11.3 Å². The minimum atomic E-state index is -0.118. The highest BCUT2D eigenvalue weighted by Crippen LogP contribution is 2.19. The summed E-state index contributed by atoms with van der Waals surface area (Å²) < 4.78 is 0. The smallest absolute Gasteiger partial charge is 0.252 e. The van der Waals surface area contributed by atoms with Crippen molar-refractivity contribution in [1.29, 1.82) is 0 Å². The Kier molecular flexibility index (Phi) is 5.24. The molecule has 0 aliphatic carbocycles. The molecule has 1 fully saturated rings. The van der Waals surface area contributed by atoms with Crippen LogP contribution in [0.25, 0.3) is 0 Å². The molecule has 0 unspecified atom stereocenters. The zero-order chi connectivity index (χ0) is 16.1. The summed E-state index contributed by atoms with van der Waals surface area (Å²) in [5.74, 6) is -0.0259. The number of carbonyl (C=O) groups excluding carboxylic acids is 2. The number of hydrogen-bond acceptors (Lipinski definition) is 6. The monoisotopic (exact) mass is 350 g/mol. The maximum Gasteiger partial charge on any atom is 0.252 e. The van der Waals surface area contributed by atoms with E-state index in [1.54, 1.807) is 29.0 Å². The summed E-state index contributed by atoms with van der Waals surface area (Å²) in [4.78, 5) is 32.4. The average Bonchev–Trinajstić information content (AvgIpc) is 3.28. The van der Waals surface area contributed by atoms with Crippen LogP contribution in [0, 0.1) is 0 Å². The minimum absolute atomic E-state index is 0.0920. The van der Waals surface area contributed by atoms with Gasteiger partial charge in [0.15, 0.2) is 5.13 Å². The molecule has 0 bridgehead atoms. The van der Waals surface area contributed by atoms with E-state index in [4.69, 9.17) is 0 Å². The molecule has 2 aromatic rings. The van der Waals surface area contributed by atoms with Gasteiger partial charge in [-0.3, -0.25) is 9.59 Å². The second-order valence-corrected chi connectivity index (χ2v) is 6.85. The molecule has 0 aromatic carbocycles. The van der Waals surface area contributed by atoms with Crippen LogP contribution >= 0.6 is 22.7 Å². The topological polar surface area (TPSA) is 65.5 Å². The Hall–Kier alpha value is -1.93. The Balaban J connectivity index is 1.39. The van der Waals surface area contributed by atoms with Crippen molar-refractivity contribution in [3.63, 3.8) is 0 Å². The lowest BCUT2D eigenvalue weighted by molar-refractivity contribution is -0.131. The molecule has 1 aliphatic rings. The summed E-state index contributed by atoms with van der Waals surface area (Å²) in [7, 11) is 0. The molecule has 2 amide bonds. The van der Waals surface area contributed by atoms with Gasteiger partial charge in [0.25, 0.3) is 5.91 Å². The van der Waals surface area contributed by atoms with Gasteiger partial charge in [0, 0.05) is 61.7 Å². The van der Waals surface area contributed by atoms with Crippen LogP contribution < -0.4 is 10.2 Å². The van der Waals surface area contributed by atoms with Crippen LogP contribution in [0.1, 0.15) is 16.8 Å². The van der Waals surface area contributed by atoms with Gasteiger partial charge in [-0.1, -0.05) is 0 Å². The minimum Gasteiger partial charge on any atom is -0.351 e. The molecule has 122 valence electrons. The van der Waals surface area contributed by atoms with Crippen LogP contribution in [-0.2, 0) is 4.79 Å². The third kappa shape index (κ3) is 4.08. The lowest BCUT2D eigenvalue weighted by Crippen LogP contribution is -2.49. The van der Waals surface area contributed by atoms with Crippen molar-refractivity contribution in [2.45, 2.75) is 6.42 Å². The number of aromatic nitrogens is 1. The van der Waals surface area contributed by atoms with Crippen molar-refractivity contribution in [2.75, 3.05) is 37.6 Å². The third-order valence-electron chi connectivity index (χ3n) is 3.73. The highest BCUT2D eigenvalue weighted by molar-refractivity contribution is 7.13. The van der Waals surface area contributed by atoms with Crippen LogP contribution in [0.3, 0.4) is 0 Å². The molecule has 1 N–H and O–H groups in total. The van der Waals surface area contributed by atoms with Crippen molar-refractivity contribution in [1.82, 2.24) is 15.2 Å².